The lowest BCUT2D eigenvalue weighted by Crippen LogP contribution is -1.94. The van der Waals surface area contributed by atoms with Crippen LogP contribution < -0.4 is 10.5 Å². The fraction of sp³-hybridized carbons (Fsp3) is 0.100. The quantitative estimate of drug-likeness (QED) is 0.738. The summed E-state index contributed by atoms with van der Waals surface area (Å²) in [6, 6.07) is 2.79. The number of anilines is 1. The number of halogens is 1. The van der Waals surface area contributed by atoms with Gasteiger partial charge in [-0.25, -0.2) is 4.39 Å². The zero-order valence-corrected chi connectivity index (χ0v) is 8.12. The molecule has 0 bridgehead atoms. The molecule has 0 fully saturated rings. The number of nitrogens with two attached hydrogens (primary N) is 1. The van der Waals surface area contributed by atoms with Crippen molar-refractivity contribution in [3.05, 3.63) is 30.3 Å². The van der Waals surface area contributed by atoms with Crippen molar-refractivity contribution in [1.29, 1.82) is 0 Å². The molecule has 0 radical (unpaired) electrons. The minimum absolute atomic E-state index is 0.0686. The second-order valence-electron chi connectivity index (χ2n) is 3.06. The highest BCUT2D eigenvalue weighted by Crippen LogP contribution is 2.32. The van der Waals surface area contributed by atoms with Crippen molar-refractivity contribution in [1.82, 2.24) is 10.2 Å². The average molecular weight is 207 g/mol. The van der Waals surface area contributed by atoms with Crippen LogP contribution in [0.1, 0.15) is 0 Å². The van der Waals surface area contributed by atoms with E-state index in [-0.39, 0.29) is 5.69 Å². The summed E-state index contributed by atoms with van der Waals surface area (Å²) in [7, 11) is 1.51. The summed E-state index contributed by atoms with van der Waals surface area (Å²) in [6.07, 6.45) is 3.25. The van der Waals surface area contributed by atoms with Crippen molar-refractivity contribution in [3.8, 4) is 16.9 Å². The van der Waals surface area contributed by atoms with Crippen LogP contribution in [0.25, 0.3) is 11.1 Å². The van der Waals surface area contributed by atoms with E-state index in [0.717, 1.165) is 5.56 Å². The molecular formula is C10H10FN3O. The van der Waals surface area contributed by atoms with Gasteiger partial charge in [0.1, 0.15) is 11.6 Å². The van der Waals surface area contributed by atoms with Gasteiger partial charge in [0, 0.05) is 23.4 Å². The lowest BCUT2D eigenvalue weighted by molar-refractivity contribution is 0.416. The molecule has 1 aromatic carbocycles. The molecule has 0 saturated heterocycles. The Morgan fingerprint density at radius 3 is 2.87 bits per heavy atom. The van der Waals surface area contributed by atoms with E-state index in [1.54, 1.807) is 12.4 Å². The second-order valence-corrected chi connectivity index (χ2v) is 3.06. The molecule has 1 aromatic heterocycles. The van der Waals surface area contributed by atoms with E-state index >= 15 is 0 Å². The Morgan fingerprint density at radius 1 is 1.47 bits per heavy atom. The number of nitrogen functional groups attached to an aromatic ring is 1. The van der Waals surface area contributed by atoms with Crippen LogP contribution in [0.5, 0.6) is 5.75 Å². The third kappa shape index (κ3) is 1.63. The summed E-state index contributed by atoms with van der Waals surface area (Å²) < 4.78 is 18.4. The number of nitrogens with one attached hydrogen (secondary N) is 1. The van der Waals surface area contributed by atoms with Crippen molar-refractivity contribution in [2.45, 2.75) is 0 Å². The number of benzene rings is 1. The van der Waals surface area contributed by atoms with Gasteiger partial charge in [0.25, 0.3) is 0 Å². The van der Waals surface area contributed by atoms with Crippen LogP contribution in [0.15, 0.2) is 24.5 Å². The lowest BCUT2D eigenvalue weighted by Gasteiger charge is -2.08. The Morgan fingerprint density at radius 2 is 2.27 bits per heavy atom. The molecule has 0 aliphatic rings. The number of aromatic nitrogens is 2. The zero-order chi connectivity index (χ0) is 10.8. The number of nitrogens with zero attached hydrogens (tertiary/aromatic N) is 1. The van der Waals surface area contributed by atoms with Gasteiger partial charge in [-0.1, -0.05) is 0 Å². The van der Waals surface area contributed by atoms with Gasteiger partial charge in [-0.15, -0.1) is 0 Å². The van der Waals surface area contributed by atoms with Crippen molar-refractivity contribution in [2.24, 2.45) is 0 Å². The fourth-order valence-electron chi connectivity index (χ4n) is 1.36. The second kappa shape index (κ2) is 3.61. The first-order chi connectivity index (χ1) is 7.22. The van der Waals surface area contributed by atoms with Gasteiger partial charge in [0.15, 0.2) is 0 Å². The van der Waals surface area contributed by atoms with E-state index in [0.29, 0.717) is 11.3 Å². The monoisotopic (exact) mass is 207 g/mol. The summed E-state index contributed by atoms with van der Waals surface area (Å²) in [6.45, 7) is 0. The van der Waals surface area contributed by atoms with Crippen LogP contribution in [-0.4, -0.2) is 17.3 Å². The fourth-order valence-corrected chi connectivity index (χ4v) is 1.36. The number of hydrogen-bond acceptors (Lipinski definition) is 3. The molecule has 78 valence electrons. The number of rotatable bonds is 2. The molecule has 3 N–H and O–H groups in total. The molecule has 2 aromatic rings. The number of hydrogen-bond donors (Lipinski definition) is 2. The number of ether oxygens (including phenoxy) is 1. The summed E-state index contributed by atoms with van der Waals surface area (Å²) in [5.41, 5.74) is 6.89. The minimum Gasteiger partial charge on any atom is -0.496 e. The van der Waals surface area contributed by atoms with Gasteiger partial charge >= 0.3 is 0 Å². The predicted molar refractivity (Wildman–Crippen MR) is 54.9 cm³/mol. The smallest absolute Gasteiger partial charge is 0.146 e. The zero-order valence-electron chi connectivity index (χ0n) is 8.12. The normalized spacial score (nSPS) is 10.3. The molecule has 15 heavy (non-hydrogen) atoms. The van der Waals surface area contributed by atoms with Gasteiger partial charge < -0.3 is 10.5 Å². The van der Waals surface area contributed by atoms with Gasteiger partial charge in [-0.3, -0.25) is 5.10 Å². The minimum atomic E-state index is -0.466. The molecule has 0 amide bonds. The molecule has 4 nitrogen and oxygen atoms in total. The SMILES string of the molecule is COc1cc(N)c(F)cc1-c1cn[nH]c1. The largest absolute Gasteiger partial charge is 0.496 e. The van der Waals surface area contributed by atoms with Crippen molar-refractivity contribution in [3.63, 3.8) is 0 Å². The van der Waals surface area contributed by atoms with Crippen LogP contribution >= 0.6 is 0 Å². The highest BCUT2D eigenvalue weighted by atomic mass is 19.1. The molecule has 0 aliphatic carbocycles. The van der Waals surface area contributed by atoms with Crippen LogP contribution in [0.2, 0.25) is 0 Å². The van der Waals surface area contributed by atoms with Crippen molar-refractivity contribution < 1.29 is 9.13 Å². The van der Waals surface area contributed by atoms with Crippen molar-refractivity contribution in [2.75, 3.05) is 12.8 Å². The predicted octanol–water partition coefficient (Wildman–Crippen LogP) is 1.81. The Labute approximate surface area is 85.9 Å². The average Bonchev–Trinajstić information content (AvgIpc) is 2.74. The molecule has 0 atom stereocenters. The number of aromatic amines is 1. The standard InChI is InChI=1S/C10H10FN3O/c1-15-10-3-9(12)8(11)2-7(10)6-4-13-14-5-6/h2-5H,12H2,1H3,(H,13,14). The first-order valence-corrected chi connectivity index (χ1v) is 4.34. The van der Waals surface area contributed by atoms with Gasteiger partial charge in [-0.05, 0) is 6.07 Å². The molecule has 0 unspecified atom stereocenters. The third-order valence-electron chi connectivity index (χ3n) is 2.13. The van der Waals surface area contributed by atoms with Crippen LogP contribution in [0.3, 0.4) is 0 Å². The Kier molecular flexibility index (Phi) is 2.29. The van der Waals surface area contributed by atoms with Crippen LogP contribution in [-0.2, 0) is 0 Å². The number of H-pyrrole nitrogens is 1. The highest BCUT2D eigenvalue weighted by molar-refractivity contribution is 5.72. The van der Waals surface area contributed by atoms with E-state index in [9.17, 15) is 4.39 Å². The molecular weight excluding hydrogens is 197 g/mol. The van der Waals surface area contributed by atoms with Gasteiger partial charge in [0.2, 0.25) is 0 Å². The maximum absolute atomic E-state index is 13.3. The maximum atomic E-state index is 13.3. The Bertz CT molecular complexity index is 468. The lowest BCUT2D eigenvalue weighted by atomic mass is 10.1. The van der Waals surface area contributed by atoms with E-state index < -0.39 is 5.82 Å². The van der Waals surface area contributed by atoms with Crippen LogP contribution in [0.4, 0.5) is 10.1 Å². The van der Waals surface area contributed by atoms with E-state index in [1.165, 1.54) is 19.2 Å². The maximum Gasteiger partial charge on any atom is 0.146 e. The molecule has 0 saturated carbocycles. The topological polar surface area (TPSA) is 63.9 Å². The third-order valence-corrected chi connectivity index (χ3v) is 2.13. The number of methoxy groups -OCH3 is 1. The molecule has 0 aliphatic heterocycles. The van der Waals surface area contributed by atoms with Gasteiger partial charge in [-0.2, -0.15) is 5.10 Å². The first kappa shape index (κ1) is 9.51. The molecule has 1 heterocycles. The Balaban J connectivity index is 2.60. The van der Waals surface area contributed by atoms with Crippen molar-refractivity contribution >= 4 is 5.69 Å². The van der Waals surface area contributed by atoms with E-state index in [1.807, 2.05) is 0 Å². The molecule has 0 spiro atoms. The molecule has 2 rings (SSSR count). The highest BCUT2D eigenvalue weighted by Gasteiger charge is 2.10. The van der Waals surface area contributed by atoms with Gasteiger partial charge in [0.05, 0.1) is 19.0 Å². The van der Waals surface area contributed by atoms with Crippen LogP contribution in [0, 0.1) is 5.82 Å². The van der Waals surface area contributed by atoms with E-state index in [4.69, 9.17) is 10.5 Å². The summed E-state index contributed by atoms with van der Waals surface area (Å²) in [5, 5.41) is 6.45. The molecule has 5 heteroatoms. The summed E-state index contributed by atoms with van der Waals surface area (Å²) >= 11 is 0. The first-order valence-electron chi connectivity index (χ1n) is 4.34. The Hall–Kier alpha value is -2.04. The van der Waals surface area contributed by atoms with E-state index in [2.05, 4.69) is 10.2 Å². The summed E-state index contributed by atoms with van der Waals surface area (Å²) in [4.78, 5) is 0. The summed E-state index contributed by atoms with van der Waals surface area (Å²) in [5.74, 6) is 0.0577.